The first-order valence-electron chi connectivity index (χ1n) is 11.8. The molecule has 1 aliphatic heterocycles. The van der Waals surface area contributed by atoms with Gasteiger partial charge in [-0.05, 0) is 61.0 Å². The number of carbonyl (C=O) groups excluding carboxylic acids is 4. The highest BCUT2D eigenvalue weighted by atomic mass is 32.2. The van der Waals surface area contributed by atoms with E-state index < -0.39 is 17.1 Å². The van der Waals surface area contributed by atoms with Crippen LogP contribution in [-0.4, -0.2) is 41.1 Å². The monoisotopic (exact) mass is 518 g/mol. The van der Waals surface area contributed by atoms with Crippen LogP contribution in [0, 0.1) is 6.92 Å². The molecule has 0 bridgehead atoms. The Labute approximate surface area is 218 Å². The fraction of sp³-hybridized carbons (Fsp3) is 0.214. The molecule has 2 heterocycles. The van der Waals surface area contributed by atoms with Gasteiger partial charge in [0.2, 0.25) is 5.91 Å². The van der Waals surface area contributed by atoms with Gasteiger partial charge in [-0.25, -0.2) is 4.79 Å². The third kappa shape index (κ3) is 6.37. The lowest BCUT2D eigenvalue weighted by Crippen LogP contribution is -2.36. The van der Waals surface area contributed by atoms with Crippen molar-refractivity contribution in [1.82, 2.24) is 4.90 Å². The van der Waals surface area contributed by atoms with Gasteiger partial charge in [-0.2, -0.15) is 0 Å². The summed E-state index contributed by atoms with van der Waals surface area (Å²) in [5, 5.41) is 2.20. The maximum absolute atomic E-state index is 12.8. The zero-order valence-electron chi connectivity index (χ0n) is 20.5. The summed E-state index contributed by atoms with van der Waals surface area (Å²) in [5.41, 5.74) is 2.69. The van der Waals surface area contributed by atoms with Gasteiger partial charge < -0.3 is 14.5 Å². The van der Waals surface area contributed by atoms with Gasteiger partial charge in [0.25, 0.3) is 11.1 Å². The first-order chi connectivity index (χ1) is 17.9. The second-order valence-corrected chi connectivity index (χ2v) is 9.39. The molecule has 1 aromatic heterocycles. The van der Waals surface area contributed by atoms with Crippen LogP contribution in [0.5, 0.6) is 0 Å². The van der Waals surface area contributed by atoms with Crippen LogP contribution in [0.4, 0.5) is 10.5 Å². The molecular weight excluding hydrogens is 492 g/mol. The fourth-order valence-corrected chi connectivity index (χ4v) is 4.38. The smallest absolute Gasteiger partial charge is 0.338 e. The van der Waals surface area contributed by atoms with E-state index in [9.17, 15) is 19.2 Å². The van der Waals surface area contributed by atoms with Crippen LogP contribution in [0.25, 0.3) is 17.4 Å². The van der Waals surface area contributed by atoms with E-state index in [0.29, 0.717) is 29.4 Å². The zero-order valence-corrected chi connectivity index (χ0v) is 21.3. The summed E-state index contributed by atoms with van der Waals surface area (Å²) in [6, 6.07) is 17.5. The van der Waals surface area contributed by atoms with Crippen molar-refractivity contribution in [2.24, 2.45) is 0 Å². The van der Waals surface area contributed by atoms with Crippen LogP contribution in [-0.2, 0) is 14.3 Å². The molecule has 1 saturated heterocycles. The number of para-hydroxylation sites is 1. The molecule has 3 amide bonds. The van der Waals surface area contributed by atoms with Gasteiger partial charge in [-0.3, -0.25) is 19.3 Å². The van der Waals surface area contributed by atoms with Crippen LogP contribution in [0.1, 0.15) is 41.4 Å². The summed E-state index contributed by atoms with van der Waals surface area (Å²) < 4.78 is 11.1. The van der Waals surface area contributed by atoms with E-state index in [-0.39, 0.29) is 17.4 Å². The van der Waals surface area contributed by atoms with Crippen molar-refractivity contribution in [3.8, 4) is 11.3 Å². The minimum Gasteiger partial charge on any atom is -0.462 e. The van der Waals surface area contributed by atoms with E-state index in [2.05, 4.69) is 5.32 Å². The molecule has 3 aromatic rings. The first kappa shape index (κ1) is 26.0. The number of aryl methyl sites for hydroxylation is 1. The molecule has 4 rings (SSSR count). The van der Waals surface area contributed by atoms with Crippen LogP contribution in [0.15, 0.2) is 70.0 Å². The van der Waals surface area contributed by atoms with Crippen LogP contribution in [0.3, 0.4) is 0 Å². The van der Waals surface area contributed by atoms with Crippen molar-refractivity contribution < 1.29 is 28.3 Å². The van der Waals surface area contributed by atoms with Gasteiger partial charge in [0, 0.05) is 17.3 Å². The molecule has 0 aliphatic carbocycles. The Kier molecular flexibility index (Phi) is 8.25. The number of amides is 3. The molecular formula is C28H26N2O6S. The Morgan fingerprint density at radius 2 is 1.81 bits per heavy atom. The molecule has 0 unspecified atom stereocenters. The van der Waals surface area contributed by atoms with Crippen LogP contribution < -0.4 is 5.32 Å². The number of esters is 1. The van der Waals surface area contributed by atoms with Gasteiger partial charge in [0.1, 0.15) is 18.1 Å². The summed E-state index contributed by atoms with van der Waals surface area (Å²) in [7, 11) is 0. The van der Waals surface area contributed by atoms with Gasteiger partial charge in [-0.1, -0.05) is 43.7 Å². The SMILES string of the molecule is CCCCOC(=O)c1ccc(-c2ccc(/C=C3/SC(=O)N(CC(=O)Nc4ccccc4C)C3=O)o2)cc1. The number of unbranched alkanes of at least 4 members (excludes halogenated alkanes) is 1. The third-order valence-electron chi connectivity index (χ3n) is 5.63. The summed E-state index contributed by atoms with van der Waals surface area (Å²) in [6.07, 6.45) is 3.25. The number of carbonyl (C=O) groups is 4. The molecule has 2 aromatic carbocycles. The number of ether oxygens (including phenoxy) is 1. The van der Waals surface area contributed by atoms with E-state index >= 15 is 0 Å². The van der Waals surface area contributed by atoms with E-state index in [1.807, 2.05) is 26.0 Å². The number of nitrogens with zero attached hydrogens (tertiary/aromatic N) is 1. The predicted octanol–water partition coefficient (Wildman–Crippen LogP) is 5.89. The normalized spacial score (nSPS) is 14.3. The van der Waals surface area contributed by atoms with Gasteiger partial charge >= 0.3 is 5.97 Å². The lowest BCUT2D eigenvalue weighted by molar-refractivity contribution is -0.127. The number of anilines is 1. The Morgan fingerprint density at radius 3 is 2.54 bits per heavy atom. The largest absolute Gasteiger partial charge is 0.462 e. The topological polar surface area (TPSA) is 106 Å². The number of rotatable bonds is 9. The molecule has 0 atom stereocenters. The Hall–Kier alpha value is -4.11. The lowest BCUT2D eigenvalue weighted by Gasteiger charge is -2.13. The maximum atomic E-state index is 12.8. The quantitative estimate of drug-likeness (QED) is 0.214. The van der Waals surface area contributed by atoms with E-state index in [4.69, 9.17) is 9.15 Å². The Bertz CT molecular complexity index is 1360. The van der Waals surface area contributed by atoms with Crippen molar-refractivity contribution in [3.05, 3.63) is 82.5 Å². The number of imide groups is 1. The van der Waals surface area contributed by atoms with Crippen molar-refractivity contribution in [2.75, 3.05) is 18.5 Å². The van der Waals surface area contributed by atoms with Crippen molar-refractivity contribution >= 4 is 46.5 Å². The Morgan fingerprint density at radius 1 is 1.05 bits per heavy atom. The number of hydrogen-bond acceptors (Lipinski definition) is 7. The fourth-order valence-electron chi connectivity index (χ4n) is 3.56. The molecule has 1 fully saturated rings. The summed E-state index contributed by atoms with van der Waals surface area (Å²) >= 11 is 0.753. The van der Waals surface area contributed by atoms with Crippen molar-refractivity contribution in [2.45, 2.75) is 26.7 Å². The highest BCUT2D eigenvalue weighted by molar-refractivity contribution is 8.18. The first-order valence-corrected chi connectivity index (χ1v) is 12.7. The average Bonchev–Trinajstić information content (AvgIpc) is 3.46. The van der Waals surface area contributed by atoms with Gasteiger partial charge in [0.15, 0.2) is 0 Å². The predicted molar refractivity (Wildman–Crippen MR) is 142 cm³/mol. The second kappa shape index (κ2) is 11.7. The maximum Gasteiger partial charge on any atom is 0.338 e. The molecule has 8 nitrogen and oxygen atoms in total. The number of furan rings is 1. The minimum atomic E-state index is -0.557. The molecule has 9 heteroatoms. The van der Waals surface area contributed by atoms with Crippen molar-refractivity contribution in [1.29, 1.82) is 0 Å². The molecule has 1 aliphatic rings. The number of benzene rings is 2. The molecule has 0 spiro atoms. The third-order valence-corrected chi connectivity index (χ3v) is 6.54. The molecule has 0 saturated carbocycles. The van der Waals surface area contributed by atoms with Gasteiger partial charge in [-0.15, -0.1) is 0 Å². The number of hydrogen-bond donors (Lipinski definition) is 1. The second-order valence-electron chi connectivity index (χ2n) is 8.40. The van der Waals surface area contributed by atoms with Gasteiger partial charge in [0.05, 0.1) is 17.1 Å². The molecule has 1 N–H and O–H groups in total. The molecule has 0 radical (unpaired) electrons. The van der Waals surface area contributed by atoms with Crippen molar-refractivity contribution in [3.63, 3.8) is 0 Å². The molecule has 190 valence electrons. The minimum absolute atomic E-state index is 0.166. The summed E-state index contributed by atoms with van der Waals surface area (Å²) in [5.74, 6) is -0.472. The zero-order chi connectivity index (χ0) is 26.4. The number of nitrogens with one attached hydrogen (secondary N) is 1. The highest BCUT2D eigenvalue weighted by Gasteiger charge is 2.36. The standard InChI is InChI=1S/C28H26N2O6S/c1-3-4-15-35-27(33)20-11-9-19(10-12-20)23-14-13-21(36-23)16-24-26(32)30(28(34)37-24)17-25(31)29-22-8-6-5-7-18(22)2/h5-14,16H,3-4,15,17H2,1-2H3,(H,29,31)/b24-16+. The summed E-state index contributed by atoms with van der Waals surface area (Å²) in [6.45, 7) is 3.89. The van der Waals surface area contributed by atoms with E-state index in [0.717, 1.165) is 40.6 Å². The number of thioether (sulfide) groups is 1. The summed E-state index contributed by atoms with van der Waals surface area (Å²) in [4.78, 5) is 50.8. The van der Waals surface area contributed by atoms with E-state index in [1.54, 1.807) is 48.5 Å². The van der Waals surface area contributed by atoms with E-state index in [1.165, 1.54) is 6.08 Å². The highest BCUT2D eigenvalue weighted by Crippen LogP contribution is 2.33. The van der Waals surface area contributed by atoms with Crippen LogP contribution in [0.2, 0.25) is 0 Å². The average molecular weight is 519 g/mol. The lowest BCUT2D eigenvalue weighted by atomic mass is 10.1. The molecule has 37 heavy (non-hydrogen) atoms. The van der Waals surface area contributed by atoms with Crippen LogP contribution >= 0.6 is 11.8 Å². The Balaban J connectivity index is 1.39.